The number of nitrogens with two attached hydrogens (primary N) is 1. The standard InChI is InChI=1S/C7H6INOS/c8-5-1-4(3-10)7(9)6(11)2-5/h1-3,11H,9H2. The van der Waals surface area contributed by atoms with Crippen LogP contribution in [0.1, 0.15) is 10.4 Å². The van der Waals surface area contributed by atoms with E-state index in [2.05, 4.69) is 35.2 Å². The Morgan fingerprint density at radius 1 is 1.55 bits per heavy atom. The minimum Gasteiger partial charge on any atom is -0.397 e. The summed E-state index contributed by atoms with van der Waals surface area (Å²) in [4.78, 5) is 11.1. The van der Waals surface area contributed by atoms with Crippen LogP contribution in [0.3, 0.4) is 0 Å². The molecule has 0 fully saturated rings. The number of halogens is 1. The Bertz CT molecular complexity index is 301. The first kappa shape index (κ1) is 8.86. The number of carbonyl (C=O) groups excluding carboxylic acids is 1. The highest BCUT2D eigenvalue weighted by molar-refractivity contribution is 14.1. The Morgan fingerprint density at radius 2 is 2.18 bits per heavy atom. The van der Waals surface area contributed by atoms with E-state index in [1.54, 1.807) is 6.07 Å². The van der Waals surface area contributed by atoms with E-state index in [0.29, 0.717) is 16.1 Å². The fourth-order valence-electron chi connectivity index (χ4n) is 0.722. The van der Waals surface area contributed by atoms with Gasteiger partial charge in [0.1, 0.15) is 0 Å². The fourth-order valence-corrected chi connectivity index (χ4v) is 1.88. The van der Waals surface area contributed by atoms with Gasteiger partial charge in [-0.25, -0.2) is 0 Å². The molecule has 0 unspecified atom stereocenters. The number of anilines is 1. The molecule has 0 saturated heterocycles. The molecule has 0 amide bonds. The second-order valence-corrected chi connectivity index (χ2v) is 3.77. The van der Waals surface area contributed by atoms with Crippen LogP contribution in [0.2, 0.25) is 0 Å². The van der Waals surface area contributed by atoms with E-state index in [-0.39, 0.29) is 0 Å². The summed E-state index contributed by atoms with van der Waals surface area (Å²) in [6, 6.07) is 3.54. The smallest absolute Gasteiger partial charge is 0.152 e. The van der Waals surface area contributed by atoms with Gasteiger partial charge in [-0.1, -0.05) is 0 Å². The summed E-state index contributed by atoms with van der Waals surface area (Å²) >= 11 is 6.21. The molecule has 0 bridgehead atoms. The van der Waals surface area contributed by atoms with Gasteiger partial charge in [-0.2, -0.15) is 0 Å². The molecule has 1 aromatic carbocycles. The van der Waals surface area contributed by atoms with Crippen molar-refractivity contribution < 1.29 is 4.79 Å². The molecule has 1 rings (SSSR count). The summed E-state index contributed by atoms with van der Waals surface area (Å²) in [7, 11) is 0. The third kappa shape index (κ3) is 1.87. The Balaban J connectivity index is 3.35. The number of hydrogen-bond donors (Lipinski definition) is 2. The Labute approximate surface area is 83.7 Å². The molecule has 2 nitrogen and oxygen atoms in total. The van der Waals surface area contributed by atoms with Gasteiger partial charge in [0.05, 0.1) is 5.69 Å². The molecular weight excluding hydrogens is 273 g/mol. The molecule has 11 heavy (non-hydrogen) atoms. The summed E-state index contributed by atoms with van der Waals surface area (Å²) in [5.41, 5.74) is 6.50. The lowest BCUT2D eigenvalue weighted by Gasteiger charge is -2.02. The van der Waals surface area contributed by atoms with Gasteiger partial charge in [0, 0.05) is 14.0 Å². The maximum atomic E-state index is 10.4. The predicted octanol–water partition coefficient (Wildman–Crippen LogP) is 1.97. The molecule has 0 heterocycles. The number of thiol groups is 1. The summed E-state index contributed by atoms with van der Waals surface area (Å²) in [5.74, 6) is 0. The summed E-state index contributed by atoms with van der Waals surface area (Å²) in [6.07, 6.45) is 0.733. The van der Waals surface area contributed by atoms with Crippen molar-refractivity contribution in [1.82, 2.24) is 0 Å². The third-order valence-electron chi connectivity index (χ3n) is 1.28. The molecule has 0 aliphatic rings. The van der Waals surface area contributed by atoms with Gasteiger partial charge in [0.15, 0.2) is 6.29 Å². The lowest BCUT2D eigenvalue weighted by Crippen LogP contribution is -1.94. The van der Waals surface area contributed by atoms with Crippen LogP contribution >= 0.6 is 35.2 Å². The second-order valence-electron chi connectivity index (χ2n) is 2.05. The van der Waals surface area contributed by atoms with Gasteiger partial charge in [-0.05, 0) is 34.7 Å². The van der Waals surface area contributed by atoms with Crippen molar-refractivity contribution in [2.75, 3.05) is 5.73 Å². The van der Waals surface area contributed by atoms with Crippen molar-refractivity contribution in [3.05, 3.63) is 21.3 Å². The van der Waals surface area contributed by atoms with Crippen LogP contribution in [0, 0.1) is 3.57 Å². The molecular formula is C7H6INOS. The van der Waals surface area contributed by atoms with Crippen LogP contribution in [0.15, 0.2) is 17.0 Å². The molecule has 0 aliphatic carbocycles. The maximum Gasteiger partial charge on any atom is 0.152 e. The van der Waals surface area contributed by atoms with E-state index >= 15 is 0 Å². The lowest BCUT2D eigenvalue weighted by molar-refractivity contribution is 0.112. The van der Waals surface area contributed by atoms with E-state index < -0.39 is 0 Å². The maximum absolute atomic E-state index is 10.4. The normalized spacial score (nSPS) is 9.64. The molecule has 0 saturated carbocycles. The molecule has 4 heteroatoms. The first-order valence-electron chi connectivity index (χ1n) is 2.88. The fraction of sp³-hybridized carbons (Fsp3) is 0. The quantitative estimate of drug-likeness (QED) is 0.357. The summed E-state index contributed by atoms with van der Waals surface area (Å²) in [5, 5.41) is 0. The van der Waals surface area contributed by atoms with Crippen LogP contribution < -0.4 is 5.73 Å². The zero-order valence-corrected chi connectivity index (χ0v) is 8.59. The van der Waals surface area contributed by atoms with Gasteiger partial charge in [-0.3, -0.25) is 4.79 Å². The molecule has 0 spiro atoms. The molecule has 0 radical (unpaired) electrons. The van der Waals surface area contributed by atoms with Crippen LogP contribution in [0.4, 0.5) is 5.69 Å². The average Bonchev–Trinajstić information content (AvgIpc) is 1.96. The number of benzene rings is 1. The van der Waals surface area contributed by atoms with Gasteiger partial charge in [0.25, 0.3) is 0 Å². The van der Waals surface area contributed by atoms with Crippen molar-refractivity contribution in [2.45, 2.75) is 4.90 Å². The highest BCUT2D eigenvalue weighted by Crippen LogP contribution is 2.22. The third-order valence-corrected chi connectivity index (χ3v) is 2.27. The molecule has 0 aromatic heterocycles. The average molecular weight is 279 g/mol. The van der Waals surface area contributed by atoms with Crippen molar-refractivity contribution in [3.8, 4) is 0 Å². The Hall–Kier alpha value is -0.230. The van der Waals surface area contributed by atoms with Crippen LogP contribution in [-0.4, -0.2) is 6.29 Å². The number of rotatable bonds is 1. The van der Waals surface area contributed by atoms with E-state index in [1.807, 2.05) is 6.07 Å². The van der Waals surface area contributed by atoms with Gasteiger partial charge >= 0.3 is 0 Å². The van der Waals surface area contributed by atoms with Crippen molar-refractivity contribution in [1.29, 1.82) is 0 Å². The lowest BCUT2D eigenvalue weighted by atomic mass is 10.2. The number of nitrogen functional groups attached to an aromatic ring is 1. The first-order chi connectivity index (χ1) is 5.15. The summed E-state index contributed by atoms with van der Waals surface area (Å²) < 4.78 is 0.962. The topological polar surface area (TPSA) is 43.1 Å². The number of hydrogen-bond acceptors (Lipinski definition) is 3. The van der Waals surface area contributed by atoms with Gasteiger partial charge in [0.2, 0.25) is 0 Å². The van der Waals surface area contributed by atoms with Crippen LogP contribution in [0.25, 0.3) is 0 Å². The van der Waals surface area contributed by atoms with Crippen LogP contribution in [-0.2, 0) is 0 Å². The largest absolute Gasteiger partial charge is 0.397 e. The highest BCUT2D eigenvalue weighted by Gasteiger charge is 2.02. The molecule has 58 valence electrons. The molecule has 2 N–H and O–H groups in total. The highest BCUT2D eigenvalue weighted by atomic mass is 127. The zero-order chi connectivity index (χ0) is 8.43. The predicted molar refractivity (Wildman–Crippen MR) is 56.2 cm³/mol. The monoisotopic (exact) mass is 279 g/mol. The number of carbonyl (C=O) groups is 1. The zero-order valence-electron chi connectivity index (χ0n) is 5.54. The van der Waals surface area contributed by atoms with Crippen molar-refractivity contribution >= 4 is 47.2 Å². The van der Waals surface area contributed by atoms with E-state index in [1.165, 1.54) is 0 Å². The van der Waals surface area contributed by atoms with E-state index in [0.717, 1.165) is 9.86 Å². The summed E-state index contributed by atoms with van der Waals surface area (Å²) in [6.45, 7) is 0. The minimum absolute atomic E-state index is 0.448. The minimum atomic E-state index is 0.448. The van der Waals surface area contributed by atoms with Crippen molar-refractivity contribution in [3.63, 3.8) is 0 Å². The molecule has 0 atom stereocenters. The van der Waals surface area contributed by atoms with E-state index in [9.17, 15) is 4.79 Å². The number of aldehydes is 1. The van der Waals surface area contributed by atoms with Gasteiger partial charge in [-0.15, -0.1) is 12.6 Å². The Kier molecular flexibility index (Phi) is 2.78. The van der Waals surface area contributed by atoms with Crippen LogP contribution in [0.5, 0.6) is 0 Å². The SMILES string of the molecule is Nc1c(S)cc(I)cc1C=O. The molecule has 0 aliphatic heterocycles. The first-order valence-corrected chi connectivity index (χ1v) is 4.41. The van der Waals surface area contributed by atoms with Crippen molar-refractivity contribution in [2.24, 2.45) is 0 Å². The Morgan fingerprint density at radius 3 is 2.73 bits per heavy atom. The van der Waals surface area contributed by atoms with Gasteiger partial charge < -0.3 is 5.73 Å². The molecule has 1 aromatic rings. The van der Waals surface area contributed by atoms with E-state index in [4.69, 9.17) is 5.73 Å². The second kappa shape index (κ2) is 3.44.